The van der Waals surface area contributed by atoms with E-state index >= 15 is 0 Å². The molecular formula is C74H114O6. The summed E-state index contributed by atoms with van der Waals surface area (Å²) in [6.45, 7) is 6.29. The maximum Gasteiger partial charge on any atom is 0.306 e. The van der Waals surface area contributed by atoms with Gasteiger partial charge in [-0.05, 0) is 148 Å². The Morgan fingerprint density at radius 2 is 0.512 bits per heavy atom. The van der Waals surface area contributed by atoms with Gasteiger partial charge in [0.1, 0.15) is 13.2 Å². The van der Waals surface area contributed by atoms with E-state index in [2.05, 4.69) is 191 Å². The van der Waals surface area contributed by atoms with Crippen molar-refractivity contribution in [3.8, 4) is 0 Å². The Bertz CT molecular complexity index is 1890. The van der Waals surface area contributed by atoms with Crippen LogP contribution in [0.15, 0.2) is 182 Å². The number of unbranched alkanes of at least 4 members (excludes halogenated alkanes) is 14. The molecule has 0 aliphatic carbocycles. The van der Waals surface area contributed by atoms with Crippen LogP contribution in [0.25, 0.3) is 0 Å². The highest BCUT2D eigenvalue weighted by Crippen LogP contribution is 2.13. The summed E-state index contributed by atoms with van der Waals surface area (Å²) in [5.74, 6) is -1.05. The molecule has 1 atom stereocenters. The van der Waals surface area contributed by atoms with Crippen molar-refractivity contribution < 1.29 is 28.6 Å². The fraction of sp³-hybridized carbons (Fsp3) is 0.554. The molecule has 0 rings (SSSR count). The molecule has 0 radical (unpaired) electrons. The van der Waals surface area contributed by atoms with E-state index in [1.807, 2.05) is 12.2 Å². The number of rotatable bonds is 55. The van der Waals surface area contributed by atoms with Gasteiger partial charge in [-0.3, -0.25) is 14.4 Å². The molecule has 0 saturated heterocycles. The second-order valence-electron chi connectivity index (χ2n) is 20.2. The van der Waals surface area contributed by atoms with Gasteiger partial charge in [-0.2, -0.15) is 0 Å². The third kappa shape index (κ3) is 63.3. The van der Waals surface area contributed by atoms with Gasteiger partial charge in [0.05, 0.1) is 0 Å². The molecule has 0 aromatic carbocycles. The van der Waals surface area contributed by atoms with Crippen molar-refractivity contribution in [1.29, 1.82) is 0 Å². The van der Waals surface area contributed by atoms with Crippen molar-refractivity contribution in [2.45, 2.75) is 252 Å². The molecule has 0 amide bonds. The van der Waals surface area contributed by atoms with Crippen LogP contribution in [0.5, 0.6) is 0 Å². The maximum atomic E-state index is 12.8. The van der Waals surface area contributed by atoms with Crippen LogP contribution < -0.4 is 0 Å². The first kappa shape index (κ1) is 74.5. The second kappa shape index (κ2) is 66.0. The topological polar surface area (TPSA) is 78.9 Å². The SMILES string of the molecule is CC/C=C\C/C=C\C/C=C\C/C=C\C/C=C\C/C=C\C/C=C\C/C=C\C/C=C\C/C=C\CCCCCCC(=O)OCC(COC(=O)CC/C=C\C/C=C\C/C=C\C/C=C\CC)OC(=O)CCCCCCC/C=C\CCCCCCC. The van der Waals surface area contributed by atoms with Crippen LogP contribution in [0.1, 0.15) is 245 Å². The lowest BCUT2D eigenvalue weighted by molar-refractivity contribution is -0.166. The van der Waals surface area contributed by atoms with E-state index in [0.717, 1.165) is 154 Å². The Kier molecular flexibility index (Phi) is 61.5. The highest BCUT2D eigenvalue weighted by Gasteiger charge is 2.19. The monoisotopic (exact) mass is 1100 g/mol. The van der Waals surface area contributed by atoms with Crippen LogP contribution in [-0.4, -0.2) is 37.2 Å². The minimum atomic E-state index is -0.831. The molecule has 1 unspecified atom stereocenters. The third-order valence-electron chi connectivity index (χ3n) is 12.6. The van der Waals surface area contributed by atoms with Crippen molar-refractivity contribution >= 4 is 17.9 Å². The molecule has 0 fully saturated rings. The van der Waals surface area contributed by atoms with Crippen LogP contribution in [0.3, 0.4) is 0 Å². The summed E-state index contributed by atoms with van der Waals surface area (Å²) < 4.78 is 16.8. The average Bonchev–Trinajstić information content (AvgIpc) is 3.46. The summed E-state index contributed by atoms with van der Waals surface area (Å²) in [7, 11) is 0. The lowest BCUT2D eigenvalue weighted by Gasteiger charge is -2.18. The van der Waals surface area contributed by atoms with Gasteiger partial charge in [-0.25, -0.2) is 0 Å². The zero-order valence-corrected chi connectivity index (χ0v) is 51.0. The minimum absolute atomic E-state index is 0.125. The normalized spacial score (nSPS) is 13.4. The fourth-order valence-electron chi connectivity index (χ4n) is 7.95. The summed E-state index contributed by atoms with van der Waals surface area (Å²) in [5.41, 5.74) is 0. The molecule has 0 bridgehead atoms. The predicted molar refractivity (Wildman–Crippen MR) is 348 cm³/mol. The highest BCUT2D eigenvalue weighted by atomic mass is 16.6. The van der Waals surface area contributed by atoms with Gasteiger partial charge in [0, 0.05) is 19.3 Å². The summed E-state index contributed by atoms with van der Waals surface area (Å²) in [6, 6.07) is 0. The molecule has 0 aromatic heterocycles. The van der Waals surface area contributed by atoms with E-state index in [4.69, 9.17) is 14.2 Å². The molecule has 0 aliphatic rings. The lowest BCUT2D eigenvalue weighted by atomic mass is 10.1. The maximum absolute atomic E-state index is 12.8. The van der Waals surface area contributed by atoms with Crippen molar-refractivity contribution in [3.05, 3.63) is 182 Å². The number of hydrogen-bond acceptors (Lipinski definition) is 6. The standard InChI is InChI=1S/C74H114O6/c1-4-7-10-13-16-19-22-25-27-28-29-30-31-32-33-34-35-36-37-38-39-40-41-42-43-44-45-46-47-50-52-55-58-61-64-67-73(76)79-70-71(69-78-72(75)66-63-60-57-54-51-48-24-21-18-15-12-9-6-3)80-74(77)68-65-62-59-56-53-49-26-23-20-17-14-11-8-5-2/h7,9-10,12,16,18-19,21,23,25-27,29-30,32-33,35-36,38-39,41-42,44-45,47-48,50-51,57,60,71H,4-6,8,11,13-15,17,20,22,24,28,31,34,37,40,43,46,49,52-56,58-59,61-70H2,1-3H3/b10-7-,12-9-,19-16-,21-18-,26-23-,27-25-,30-29-,33-32-,36-35-,39-38-,42-41-,45-44-,50-47-,51-48-,60-57-. The first-order chi connectivity index (χ1) is 39.5. The van der Waals surface area contributed by atoms with Gasteiger partial charge in [0.15, 0.2) is 6.10 Å². The number of allylic oxidation sites excluding steroid dienone is 30. The molecule has 0 spiro atoms. The summed E-state index contributed by atoms with van der Waals surface area (Å²) >= 11 is 0. The predicted octanol–water partition coefficient (Wildman–Crippen LogP) is 22.0. The first-order valence-corrected chi connectivity index (χ1v) is 31.8. The van der Waals surface area contributed by atoms with E-state index in [9.17, 15) is 14.4 Å². The number of carbonyl (C=O) groups is 3. The quantitative estimate of drug-likeness (QED) is 0.0261. The summed E-state index contributed by atoms with van der Waals surface area (Å²) in [4.78, 5) is 38.1. The molecule has 0 saturated carbocycles. The van der Waals surface area contributed by atoms with Crippen LogP contribution >= 0.6 is 0 Å². The molecule has 0 aromatic rings. The number of ether oxygens (including phenoxy) is 3. The van der Waals surface area contributed by atoms with Gasteiger partial charge in [0.25, 0.3) is 0 Å². The van der Waals surface area contributed by atoms with Gasteiger partial charge < -0.3 is 14.2 Å². The van der Waals surface area contributed by atoms with Crippen LogP contribution in [0, 0.1) is 0 Å². The zero-order chi connectivity index (χ0) is 57.8. The Morgan fingerprint density at radius 1 is 0.263 bits per heavy atom. The Balaban J connectivity index is 4.37. The lowest BCUT2D eigenvalue weighted by Crippen LogP contribution is -2.30. The molecule has 6 heteroatoms. The fourth-order valence-corrected chi connectivity index (χ4v) is 7.95. The summed E-state index contributed by atoms with van der Waals surface area (Å²) in [6.07, 6.45) is 99.2. The van der Waals surface area contributed by atoms with E-state index in [-0.39, 0.29) is 44.0 Å². The number of carbonyl (C=O) groups excluding carboxylic acids is 3. The molecule has 0 N–H and O–H groups in total. The molecule has 80 heavy (non-hydrogen) atoms. The van der Waals surface area contributed by atoms with Crippen LogP contribution in [-0.2, 0) is 28.6 Å². The Hall–Kier alpha value is -5.49. The van der Waals surface area contributed by atoms with Gasteiger partial charge in [-0.15, -0.1) is 0 Å². The molecule has 0 heterocycles. The molecule has 6 nitrogen and oxygen atoms in total. The Labute approximate surface area is 491 Å². The van der Waals surface area contributed by atoms with Gasteiger partial charge in [-0.1, -0.05) is 261 Å². The highest BCUT2D eigenvalue weighted by molar-refractivity contribution is 5.71. The Morgan fingerprint density at radius 3 is 0.850 bits per heavy atom. The smallest absolute Gasteiger partial charge is 0.306 e. The summed E-state index contributed by atoms with van der Waals surface area (Å²) in [5, 5.41) is 0. The number of esters is 3. The third-order valence-corrected chi connectivity index (χ3v) is 12.6. The second-order valence-corrected chi connectivity index (χ2v) is 20.2. The van der Waals surface area contributed by atoms with E-state index in [1.54, 1.807) is 0 Å². The minimum Gasteiger partial charge on any atom is -0.462 e. The zero-order valence-electron chi connectivity index (χ0n) is 51.0. The van der Waals surface area contributed by atoms with Crippen molar-refractivity contribution in [3.63, 3.8) is 0 Å². The van der Waals surface area contributed by atoms with Crippen LogP contribution in [0.4, 0.5) is 0 Å². The van der Waals surface area contributed by atoms with Crippen LogP contribution in [0.2, 0.25) is 0 Å². The first-order valence-electron chi connectivity index (χ1n) is 31.8. The molecular weight excluding hydrogens is 985 g/mol. The van der Waals surface area contributed by atoms with E-state index in [1.165, 1.54) is 44.9 Å². The van der Waals surface area contributed by atoms with E-state index < -0.39 is 6.10 Å². The molecule has 446 valence electrons. The van der Waals surface area contributed by atoms with Gasteiger partial charge >= 0.3 is 17.9 Å². The average molecular weight is 1100 g/mol. The number of hydrogen-bond donors (Lipinski definition) is 0. The van der Waals surface area contributed by atoms with Crippen molar-refractivity contribution in [1.82, 2.24) is 0 Å². The largest absolute Gasteiger partial charge is 0.462 e. The van der Waals surface area contributed by atoms with Crippen molar-refractivity contribution in [2.24, 2.45) is 0 Å². The van der Waals surface area contributed by atoms with Crippen molar-refractivity contribution in [2.75, 3.05) is 13.2 Å². The van der Waals surface area contributed by atoms with E-state index in [0.29, 0.717) is 12.8 Å². The molecule has 0 aliphatic heterocycles. The van der Waals surface area contributed by atoms with Gasteiger partial charge in [0.2, 0.25) is 0 Å².